The molecule has 5 heteroatoms. The average molecular weight is 364 g/mol. The van der Waals surface area contributed by atoms with E-state index in [1.165, 1.54) is 0 Å². The van der Waals surface area contributed by atoms with Crippen LogP contribution in [0.15, 0.2) is 51.5 Å². The second kappa shape index (κ2) is 5.54. The molecule has 1 aromatic heterocycles. The number of nitrogens with zero attached hydrogens (tertiary/aromatic N) is 1. The molecule has 0 fully saturated rings. The first-order valence-corrected chi connectivity index (χ1v) is 7.51. The Balaban J connectivity index is 2.19. The molecule has 0 aliphatic rings. The third kappa shape index (κ3) is 2.69. The highest BCUT2D eigenvalue weighted by molar-refractivity contribution is 9.10. The van der Waals surface area contributed by atoms with Gasteiger partial charge in [0.2, 0.25) is 5.88 Å². The summed E-state index contributed by atoms with van der Waals surface area (Å²) in [5.74, 6) is 0.307. The first kappa shape index (κ1) is 14.2. The molecule has 0 unspecified atom stereocenters. The molecule has 2 N–H and O–H groups in total. The summed E-state index contributed by atoms with van der Waals surface area (Å²) in [6.45, 7) is 1.98. The fraction of sp³-hybridized carbons (Fsp3) is 0.0625. The van der Waals surface area contributed by atoms with Crippen molar-refractivity contribution in [3.05, 3.63) is 57.5 Å². The van der Waals surface area contributed by atoms with E-state index in [4.69, 9.17) is 21.9 Å². The fourth-order valence-electron chi connectivity index (χ4n) is 2.27. The predicted octanol–water partition coefficient (Wildman–Crippen LogP) is 5.32. The molecule has 0 atom stereocenters. The molecular weight excluding hydrogens is 352 g/mol. The van der Waals surface area contributed by atoms with Gasteiger partial charge in [-0.3, -0.25) is 0 Å². The van der Waals surface area contributed by atoms with Crippen LogP contribution in [0.3, 0.4) is 0 Å². The number of nitrogens with two attached hydrogens (primary N) is 1. The molecule has 3 aromatic rings. The minimum Gasteiger partial charge on any atom is -0.367 e. The molecule has 2 aromatic carbocycles. The lowest BCUT2D eigenvalue weighted by atomic mass is 9.98. The zero-order valence-electron chi connectivity index (χ0n) is 11.2. The van der Waals surface area contributed by atoms with E-state index < -0.39 is 0 Å². The molecule has 3 nitrogen and oxygen atoms in total. The van der Waals surface area contributed by atoms with E-state index in [2.05, 4.69) is 21.1 Å². The Kier molecular flexibility index (Phi) is 3.74. The molecule has 0 aliphatic carbocycles. The number of nitrogen functional groups attached to an aromatic ring is 1. The van der Waals surface area contributed by atoms with Gasteiger partial charge in [-0.1, -0.05) is 50.9 Å². The summed E-state index contributed by atoms with van der Waals surface area (Å²) < 4.78 is 6.21. The van der Waals surface area contributed by atoms with Crippen LogP contribution < -0.4 is 5.73 Å². The van der Waals surface area contributed by atoms with Crippen molar-refractivity contribution in [2.45, 2.75) is 6.92 Å². The zero-order chi connectivity index (χ0) is 15.0. The van der Waals surface area contributed by atoms with E-state index >= 15 is 0 Å². The Bertz CT molecular complexity index is 797. The molecule has 21 heavy (non-hydrogen) atoms. The Hall–Kier alpha value is -1.78. The van der Waals surface area contributed by atoms with Crippen LogP contribution in [-0.4, -0.2) is 5.16 Å². The summed E-state index contributed by atoms with van der Waals surface area (Å²) in [4.78, 5) is 0. The van der Waals surface area contributed by atoms with Crippen LogP contribution in [0, 0.1) is 6.92 Å². The Morgan fingerprint density at radius 1 is 1.14 bits per heavy atom. The predicted molar refractivity (Wildman–Crippen MR) is 89.2 cm³/mol. The van der Waals surface area contributed by atoms with Crippen molar-refractivity contribution in [2.75, 3.05) is 5.73 Å². The van der Waals surface area contributed by atoms with Crippen LogP contribution in [0.4, 0.5) is 5.88 Å². The van der Waals surface area contributed by atoms with Crippen molar-refractivity contribution in [1.82, 2.24) is 5.16 Å². The number of anilines is 1. The van der Waals surface area contributed by atoms with Gasteiger partial charge in [0.05, 0.1) is 5.56 Å². The molecule has 3 rings (SSSR count). The van der Waals surface area contributed by atoms with Crippen LogP contribution in [0.2, 0.25) is 5.02 Å². The van der Waals surface area contributed by atoms with Crippen LogP contribution in [-0.2, 0) is 0 Å². The third-order valence-corrected chi connectivity index (χ3v) is 4.06. The Morgan fingerprint density at radius 2 is 1.86 bits per heavy atom. The maximum atomic E-state index is 6.01. The van der Waals surface area contributed by atoms with Crippen molar-refractivity contribution in [3.63, 3.8) is 0 Å². The lowest BCUT2D eigenvalue weighted by molar-refractivity contribution is 0.439. The number of rotatable bonds is 2. The van der Waals surface area contributed by atoms with E-state index in [-0.39, 0.29) is 0 Å². The number of halogens is 2. The van der Waals surface area contributed by atoms with Gasteiger partial charge < -0.3 is 10.3 Å². The third-order valence-electron chi connectivity index (χ3n) is 3.29. The summed E-state index contributed by atoms with van der Waals surface area (Å²) in [5.41, 5.74) is 10.4. The van der Waals surface area contributed by atoms with Gasteiger partial charge >= 0.3 is 0 Å². The quantitative estimate of drug-likeness (QED) is 0.671. The normalized spacial score (nSPS) is 10.8. The summed E-state index contributed by atoms with van der Waals surface area (Å²) in [6, 6.07) is 13.5. The highest BCUT2D eigenvalue weighted by Gasteiger charge is 2.18. The molecule has 0 spiro atoms. The molecule has 0 saturated carbocycles. The molecule has 0 amide bonds. The zero-order valence-corrected chi connectivity index (χ0v) is 13.6. The summed E-state index contributed by atoms with van der Waals surface area (Å²) in [5, 5.41) is 4.81. The fourth-order valence-corrected chi connectivity index (χ4v) is 2.77. The van der Waals surface area contributed by atoms with Crippen molar-refractivity contribution in [2.24, 2.45) is 0 Å². The molecule has 0 aliphatic heterocycles. The van der Waals surface area contributed by atoms with E-state index in [1.807, 2.05) is 49.4 Å². The minimum atomic E-state index is 0.307. The maximum Gasteiger partial charge on any atom is 0.230 e. The van der Waals surface area contributed by atoms with Crippen molar-refractivity contribution in [3.8, 4) is 22.4 Å². The minimum absolute atomic E-state index is 0.307. The SMILES string of the molecule is Cc1cc(Cl)ccc1-c1noc(N)c1-c1ccc(Br)cc1. The van der Waals surface area contributed by atoms with Crippen molar-refractivity contribution >= 4 is 33.4 Å². The lowest BCUT2D eigenvalue weighted by Crippen LogP contribution is -1.89. The Morgan fingerprint density at radius 3 is 2.52 bits per heavy atom. The average Bonchev–Trinajstić information content (AvgIpc) is 2.82. The van der Waals surface area contributed by atoms with Gasteiger partial charge in [-0.05, 0) is 42.3 Å². The summed E-state index contributed by atoms with van der Waals surface area (Å²) in [6.07, 6.45) is 0. The largest absolute Gasteiger partial charge is 0.367 e. The monoisotopic (exact) mass is 362 g/mol. The number of aromatic nitrogens is 1. The van der Waals surface area contributed by atoms with Gasteiger partial charge in [-0.25, -0.2) is 0 Å². The first-order valence-electron chi connectivity index (χ1n) is 6.34. The molecular formula is C16H12BrClN2O. The molecule has 0 bridgehead atoms. The van der Waals surface area contributed by atoms with Gasteiger partial charge in [0.1, 0.15) is 5.69 Å². The number of aryl methyl sites for hydroxylation is 1. The van der Waals surface area contributed by atoms with Crippen molar-refractivity contribution < 1.29 is 4.52 Å². The van der Waals surface area contributed by atoms with Gasteiger partial charge in [0.25, 0.3) is 0 Å². The highest BCUT2D eigenvalue weighted by atomic mass is 79.9. The molecule has 1 heterocycles. The van der Waals surface area contributed by atoms with Gasteiger partial charge in [0.15, 0.2) is 0 Å². The number of hydrogen-bond donors (Lipinski definition) is 1. The summed E-state index contributed by atoms with van der Waals surface area (Å²) >= 11 is 9.44. The van der Waals surface area contributed by atoms with Crippen LogP contribution in [0.1, 0.15) is 5.56 Å². The topological polar surface area (TPSA) is 52.0 Å². The van der Waals surface area contributed by atoms with E-state index in [0.29, 0.717) is 10.9 Å². The molecule has 0 saturated heterocycles. The van der Waals surface area contributed by atoms with Gasteiger partial charge in [-0.2, -0.15) is 0 Å². The smallest absolute Gasteiger partial charge is 0.230 e. The van der Waals surface area contributed by atoms with Crippen LogP contribution >= 0.6 is 27.5 Å². The first-order chi connectivity index (χ1) is 10.1. The van der Waals surface area contributed by atoms with E-state index in [9.17, 15) is 0 Å². The highest BCUT2D eigenvalue weighted by Crippen LogP contribution is 2.38. The number of hydrogen-bond acceptors (Lipinski definition) is 3. The molecule has 0 radical (unpaired) electrons. The Labute approximate surface area is 135 Å². The second-order valence-electron chi connectivity index (χ2n) is 4.74. The van der Waals surface area contributed by atoms with Gasteiger partial charge in [-0.15, -0.1) is 0 Å². The summed E-state index contributed by atoms with van der Waals surface area (Å²) in [7, 11) is 0. The van der Waals surface area contributed by atoms with Crippen LogP contribution in [0.25, 0.3) is 22.4 Å². The number of benzene rings is 2. The standard InChI is InChI=1S/C16H12BrClN2O/c1-9-8-12(18)6-7-13(9)15-14(16(19)21-20-15)10-2-4-11(17)5-3-10/h2-8H,19H2,1H3. The second-order valence-corrected chi connectivity index (χ2v) is 6.09. The van der Waals surface area contributed by atoms with Crippen LogP contribution in [0.5, 0.6) is 0 Å². The molecule has 106 valence electrons. The van der Waals surface area contributed by atoms with Gasteiger partial charge in [0, 0.05) is 15.1 Å². The van der Waals surface area contributed by atoms with E-state index in [0.717, 1.165) is 32.4 Å². The lowest BCUT2D eigenvalue weighted by Gasteiger charge is -2.06. The van der Waals surface area contributed by atoms with E-state index in [1.54, 1.807) is 0 Å². The maximum absolute atomic E-state index is 6.01. The van der Waals surface area contributed by atoms with Crippen molar-refractivity contribution in [1.29, 1.82) is 0 Å².